The third-order valence-electron chi connectivity index (χ3n) is 4.42. The third-order valence-corrected chi connectivity index (χ3v) is 4.42. The molecule has 0 fully saturated rings. The van der Waals surface area contributed by atoms with Crippen LogP contribution in [0.1, 0.15) is 48.9 Å². The molecule has 3 rings (SSSR count). The minimum absolute atomic E-state index is 0.210. The highest BCUT2D eigenvalue weighted by Crippen LogP contribution is 2.37. The minimum Gasteiger partial charge on any atom is -0.477 e. The predicted molar refractivity (Wildman–Crippen MR) is 78.0 cm³/mol. The van der Waals surface area contributed by atoms with Crippen LogP contribution >= 0.6 is 0 Å². The molecule has 1 atom stereocenters. The van der Waals surface area contributed by atoms with Crippen molar-refractivity contribution in [3.8, 4) is 0 Å². The van der Waals surface area contributed by atoms with E-state index in [1.807, 2.05) is 0 Å². The highest BCUT2D eigenvalue weighted by Gasteiger charge is 2.29. The molecule has 2 heterocycles. The van der Waals surface area contributed by atoms with Gasteiger partial charge in [0.25, 0.3) is 0 Å². The van der Waals surface area contributed by atoms with Crippen LogP contribution in [-0.2, 0) is 12.8 Å². The molecule has 20 heavy (non-hydrogen) atoms. The number of hydrogen-bond acceptors (Lipinski definition) is 2. The van der Waals surface area contributed by atoms with Gasteiger partial charge < -0.3 is 10.1 Å². The number of H-pyrrole nitrogens is 1. The first-order chi connectivity index (χ1) is 9.34. The SMILES string of the molecule is CC(C)(C)C1CCc2nc3cc(C(=O)O)[nH]c3cc2C1. The molecule has 0 amide bonds. The summed E-state index contributed by atoms with van der Waals surface area (Å²) in [5.74, 6) is -0.281. The van der Waals surface area contributed by atoms with Crippen molar-refractivity contribution in [2.24, 2.45) is 11.3 Å². The Balaban J connectivity index is 2.02. The second kappa shape index (κ2) is 4.33. The van der Waals surface area contributed by atoms with Crippen LogP contribution < -0.4 is 0 Å². The second-order valence-corrected chi connectivity index (χ2v) is 6.82. The molecular formula is C16H20N2O2. The molecule has 0 aliphatic heterocycles. The molecule has 1 aliphatic rings. The molecular weight excluding hydrogens is 252 g/mol. The highest BCUT2D eigenvalue weighted by molar-refractivity contribution is 5.92. The van der Waals surface area contributed by atoms with Gasteiger partial charge in [0.15, 0.2) is 0 Å². The average Bonchev–Trinajstić information content (AvgIpc) is 2.77. The first-order valence-electron chi connectivity index (χ1n) is 7.09. The van der Waals surface area contributed by atoms with E-state index in [-0.39, 0.29) is 5.69 Å². The topological polar surface area (TPSA) is 66.0 Å². The van der Waals surface area contributed by atoms with E-state index < -0.39 is 5.97 Å². The van der Waals surface area contributed by atoms with Gasteiger partial charge in [0, 0.05) is 5.69 Å². The van der Waals surface area contributed by atoms with Crippen molar-refractivity contribution < 1.29 is 9.90 Å². The number of pyridine rings is 1. The van der Waals surface area contributed by atoms with Crippen LogP contribution in [0.4, 0.5) is 0 Å². The summed E-state index contributed by atoms with van der Waals surface area (Å²) in [6.45, 7) is 6.85. The molecule has 4 heteroatoms. The number of aryl methyl sites for hydroxylation is 1. The molecule has 2 N–H and O–H groups in total. The summed E-state index contributed by atoms with van der Waals surface area (Å²) < 4.78 is 0. The molecule has 0 saturated heterocycles. The Morgan fingerprint density at radius 2 is 2.15 bits per heavy atom. The monoisotopic (exact) mass is 272 g/mol. The van der Waals surface area contributed by atoms with E-state index in [1.54, 1.807) is 6.07 Å². The summed E-state index contributed by atoms with van der Waals surface area (Å²) >= 11 is 0. The lowest BCUT2D eigenvalue weighted by Gasteiger charge is -2.34. The zero-order valence-corrected chi connectivity index (χ0v) is 12.2. The third kappa shape index (κ3) is 2.19. The summed E-state index contributed by atoms with van der Waals surface area (Å²) in [6, 6.07) is 3.70. The number of carboxylic acids is 1. The molecule has 0 radical (unpaired) electrons. The number of nitrogens with one attached hydrogen (secondary N) is 1. The van der Waals surface area contributed by atoms with Crippen molar-refractivity contribution in [1.82, 2.24) is 9.97 Å². The molecule has 2 aromatic rings. The van der Waals surface area contributed by atoms with E-state index in [2.05, 4.69) is 36.8 Å². The predicted octanol–water partition coefficient (Wildman–Crippen LogP) is 3.41. The smallest absolute Gasteiger partial charge is 0.352 e. The fourth-order valence-corrected chi connectivity index (χ4v) is 3.06. The van der Waals surface area contributed by atoms with E-state index in [9.17, 15) is 4.79 Å². The van der Waals surface area contributed by atoms with E-state index in [0.29, 0.717) is 11.3 Å². The number of carboxylic acid groups (broad SMARTS) is 1. The Morgan fingerprint density at radius 3 is 2.80 bits per heavy atom. The van der Waals surface area contributed by atoms with Gasteiger partial charge in [-0.2, -0.15) is 0 Å². The van der Waals surface area contributed by atoms with Crippen molar-refractivity contribution in [2.75, 3.05) is 0 Å². The number of aromatic amines is 1. The molecule has 1 unspecified atom stereocenters. The van der Waals surface area contributed by atoms with Crippen molar-refractivity contribution in [2.45, 2.75) is 40.0 Å². The van der Waals surface area contributed by atoms with Crippen molar-refractivity contribution >= 4 is 17.0 Å². The van der Waals surface area contributed by atoms with Gasteiger partial charge >= 0.3 is 5.97 Å². The van der Waals surface area contributed by atoms with Gasteiger partial charge in [-0.1, -0.05) is 20.8 Å². The fraction of sp³-hybridized carbons (Fsp3) is 0.500. The lowest BCUT2D eigenvalue weighted by atomic mass is 9.71. The van der Waals surface area contributed by atoms with E-state index in [4.69, 9.17) is 5.11 Å². The number of fused-ring (bicyclic) bond motifs is 2. The summed E-state index contributed by atoms with van der Waals surface area (Å²) in [6.07, 6.45) is 3.18. The maximum atomic E-state index is 11.0. The molecule has 106 valence electrons. The van der Waals surface area contributed by atoms with Gasteiger partial charge in [0.05, 0.1) is 11.0 Å². The second-order valence-electron chi connectivity index (χ2n) is 6.82. The normalized spacial score (nSPS) is 19.1. The van der Waals surface area contributed by atoms with Crippen molar-refractivity contribution in [3.05, 3.63) is 29.1 Å². The fourth-order valence-electron chi connectivity index (χ4n) is 3.06. The Hall–Kier alpha value is -1.84. The summed E-state index contributed by atoms with van der Waals surface area (Å²) in [7, 11) is 0. The molecule has 1 aliphatic carbocycles. The number of nitrogens with zero attached hydrogens (tertiary/aromatic N) is 1. The van der Waals surface area contributed by atoms with Crippen LogP contribution in [0.15, 0.2) is 12.1 Å². The van der Waals surface area contributed by atoms with Crippen molar-refractivity contribution in [1.29, 1.82) is 0 Å². The number of carbonyl (C=O) groups is 1. The minimum atomic E-state index is -0.937. The Morgan fingerprint density at radius 1 is 1.40 bits per heavy atom. The molecule has 2 aromatic heterocycles. The molecule has 0 bridgehead atoms. The van der Waals surface area contributed by atoms with Gasteiger partial charge in [-0.3, -0.25) is 4.98 Å². The zero-order chi connectivity index (χ0) is 14.5. The Bertz CT molecular complexity index is 680. The van der Waals surface area contributed by atoms with Crippen LogP contribution in [0, 0.1) is 11.3 Å². The van der Waals surface area contributed by atoms with E-state index in [0.717, 1.165) is 36.0 Å². The zero-order valence-electron chi connectivity index (χ0n) is 12.2. The van der Waals surface area contributed by atoms with E-state index >= 15 is 0 Å². The summed E-state index contributed by atoms with van der Waals surface area (Å²) in [5.41, 5.74) is 4.50. The van der Waals surface area contributed by atoms with Crippen LogP contribution in [0.5, 0.6) is 0 Å². The molecule has 0 saturated carbocycles. The van der Waals surface area contributed by atoms with Gasteiger partial charge in [-0.25, -0.2) is 4.79 Å². The van der Waals surface area contributed by atoms with Crippen LogP contribution in [0.25, 0.3) is 11.0 Å². The van der Waals surface area contributed by atoms with E-state index in [1.165, 1.54) is 5.56 Å². The summed E-state index contributed by atoms with van der Waals surface area (Å²) in [5, 5.41) is 9.04. The molecule has 0 spiro atoms. The standard InChI is InChI=1S/C16H20N2O2/c1-16(2,3)10-4-5-11-9(6-10)7-12-13(17-11)8-14(18-12)15(19)20/h7-8,10,18H,4-6H2,1-3H3,(H,19,20). The van der Waals surface area contributed by atoms with Crippen molar-refractivity contribution in [3.63, 3.8) is 0 Å². The Kier molecular flexibility index (Phi) is 2.85. The van der Waals surface area contributed by atoms with Gasteiger partial charge in [0.1, 0.15) is 5.69 Å². The number of hydrogen-bond donors (Lipinski definition) is 2. The maximum absolute atomic E-state index is 11.0. The molecule has 0 aromatic carbocycles. The van der Waals surface area contributed by atoms with Crippen LogP contribution in [0.2, 0.25) is 0 Å². The first kappa shape index (κ1) is 13.2. The lowest BCUT2D eigenvalue weighted by Crippen LogP contribution is -2.27. The average molecular weight is 272 g/mol. The number of aromatic nitrogens is 2. The number of rotatable bonds is 1. The van der Waals surface area contributed by atoms with Crippen LogP contribution in [-0.4, -0.2) is 21.0 Å². The van der Waals surface area contributed by atoms with Crippen LogP contribution in [0.3, 0.4) is 0 Å². The van der Waals surface area contributed by atoms with Gasteiger partial charge in [-0.15, -0.1) is 0 Å². The quantitative estimate of drug-likeness (QED) is 0.836. The molecule has 4 nitrogen and oxygen atoms in total. The highest BCUT2D eigenvalue weighted by atomic mass is 16.4. The largest absolute Gasteiger partial charge is 0.477 e. The lowest BCUT2D eigenvalue weighted by molar-refractivity contribution is 0.0691. The summed E-state index contributed by atoms with van der Waals surface area (Å²) in [4.78, 5) is 18.6. The number of aromatic carboxylic acids is 1. The van der Waals surface area contributed by atoms with Gasteiger partial charge in [0.2, 0.25) is 0 Å². The maximum Gasteiger partial charge on any atom is 0.352 e. The first-order valence-corrected chi connectivity index (χ1v) is 7.09. The Labute approximate surface area is 118 Å². The van der Waals surface area contributed by atoms with Gasteiger partial charge in [-0.05, 0) is 48.3 Å².